The van der Waals surface area contributed by atoms with Crippen molar-refractivity contribution in [1.82, 2.24) is 0 Å². The van der Waals surface area contributed by atoms with Crippen LogP contribution in [-0.4, -0.2) is 17.3 Å². The van der Waals surface area contributed by atoms with Crippen LogP contribution in [0.5, 0.6) is 0 Å². The zero-order chi connectivity index (χ0) is 19.6. The van der Waals surface area contributed by atoms with Gasteiger partial charge in [-0.3, -0.25) is 0 Å². The average Bonchev–Trinajstić information content (AvgIpc) is 3.08. The van der Waals surface area contributed by atoms with Crippen molar-refractivity contribution < 1.29 is 4.74 Å². The van der Waals surface area contributed by atoms with Gasteiger partial charge < -0.3 is 4.74 Å². The van der Waals surface area contributed by atoms with Crippen LogP contribution in [0.15, 0.2) is 101 Å². The van der Waals surface area contributed by atoms with Crippen LogP contribution in [0.1, 0.15) is 37.5 Å². The summed E-state index contributed by atoms with van der Waals surface area (Å²) >= 11 is 0. The second kappa shape index (κ2) is 7.08. The summed E-state index contributed by atoms with van der Waals surface area (Å²) in [6.07, 6.45) is 0. The number of nitrogens with zero attached hydrogens (tertiary/aromatic N) is 2. The summed E-state index contributed by atoms with van der Waals surface area (Å²) in [7, 11) is 0. The van der Waals surface area contributed by atoms with Gasteiger partial charge in [0.2, 0.25) is 11.8 Å². The maximum absolute atomic E-state index is 6.35. The van der Waals surface area contributed by atoms with Crippen molar-refractivity contribution >= 4 is 11.8 Å². The van der Waals surface area contributed by atoms with Gasteiger partial charge in [0.05, 0.1) is 5.54 Å². The van der Waals surface area contributed by atoms with E-state index in [0.29, 0.717) is 11.8 Å². The fourth-order valence-corrected chi connectivity index (χ4v) is 3.40. The monoisotopic (exact) mass is 368 g/mol. The van der Waals surface area contributed by atoms with Gasteiger partial charge in [0.1, 0.15) is 0 Å². The minimum Gasteiger partial charge on any atom is -0.421 e. The highest BCUT2D eigenvalue weighted by Crippen LogP contribution is 2.41. The van der Waals surface area contributed by atoms with Gasteiger partial charge in [0.25, 0.3) is 0 Å². The molecule has 3 heteroatoms. The summed E-state index contributed by atoms with van der Waals surface area (Å²) in [6, 6.07) is 30.5. The van der Waals surface area contributed by atoms with E-state index in [0.717, 1.165) is 16.7 Å². The maximum atomic E-state index is 6.35. The molecular weight excluding hydrogens is 344 g/mol. The molecule has 0 atom stereocenters. The lowest BCUT2D eigenvalue weighted by molar-refractivity contribution is 0.491. The first-order valence-corrected chi connectivity index (χ1v) is 9.53. The second-order valence-corrected chi connectivity index (χ2v) is 7.92. The number of hydrogen-bond donors (Lipinski definition) is 0. The molecule has 1 aliphatic rings. The van der Waals surface area contributed by atoms with E-state index in [1.54, 1.807) is 0 Å². The van der Waals surface area contributed by atoms with Crippen LogP contribution in [-0.2, 0) is 10.3 Å². The molecule has 3 aromatic carbocycles. The predicted molar refractivity (Wildman–Crippen MR) is 115 cm³/mol. The summed E-state index contributed by atoms with van der Waals surface area (Å²) < 4.78 is 6.35. The van der Waals surface area contributed by atoms with Gasteiger partial charge in [-0.2, -0.15) is 0 Å². The average molecular weight is 368 g/mol. The molecule has 0 fully saturated rings. The van der Waals surface area contributed by atoms with E-state index in [2.05, 4.69) is 45.0 Å². The first kappa shape index (κ1) is 18.2. The molecule has 0 aliphatic carbocycles. The fourth-order valence-electron chi connectivity index (χ4n) is 3.40. The number of aliphatic imine (C=N–C) groups is 2. The molecule has 0 saturated heterocycles. The lowest BCUT2D eigenvalue weighted by Gasteiger charge is -2.28. The summed E-state index contributed by atoms with van der Waals surface area (Å²) in [5, 5.41) is 0. The molecule has 0 spiro atoms. The Morgan fingerprint density at radius 1 is 0.714 bits per heavy atom. The molecule has 0 N–H and O–H groups in total. The fraction of sp³-hybridized carbons (Fsp3) is 0.200. The smallest absolute Gasteiger partial charge is 0.230 e. The Bertz CT molecular complexity index is 961. The second-order valence-electron chi connectivity index (χ2n) is 7.92. The molecule has 0 unspecified atom stereocenters. The number of benzene rings is 3. The van der Waals surface area contributed by atoms with Crippen LogP contribution in [0.2, 0.25) is 0 Å². The number of hydrogen-bond acceptors (Lipinski definition) is 3. The molecule has 4 rings (SSSR count). The van der Waals surface area contributed by atoms with Crippen LogP contribution >= 0.6 is 0 Å². The molecule has 1 heterocycles. The third kappa shape index (κ3) is 3.36. The van der Waals surface area contributed by atoms with E-state index in [9.17, 15) is 0 Å². The molecule has 0 amide bonds. The summed E-state index contributed by atoms with van der Waals surface area (Å²) in [6.45, 7) is 6.22. The van der Waals surface area contributed by atoms with E-state index >= 15 is 0 Å². The largest absolute Gasteiger partial charge is 0.421 e. The first-order valence-electron chi connectivity index (χ1n) is 9.53. The molecule has 0 radical (unpaired) electrons. The molecule has 0 aromatic heterocycles. The van der Waals surface area contributed by atoms with Gasteiger partial charge in [-0.05, 0) is 44.0 Å². The standard InChI is InChI=1S/C25H24N2O/c1-24(2,3)27-23-25(20-15-9-5-10-16-20,21-17-11-6-12-18-21)26-22(28-23)19-13-7-4-8-14-19/h4-18H,1-3H3. The van der Waals surface area contributed by atoms with Gasteiger partial charge in [0.15, 0.2) is 5.54 Å². The quantitative estimate of drug-likeness (QED) is 0.592. The highest BCUT2D eigenvalue weighted by molar-refractivity contribution is 6.11. The first-order chi connectivity index (χ1) is 13.5. The topological polar surface area (TPSA) is 34.0 Å². The molecule has 0 saturated carbocycles. The highest BCUT2D eigenvalue weighted by Gasteiger charge is 2.47. The Morgan fingerprint density at radius 2 is 1.18 bits per heavy atom. The Labute approximate surface area is 166 Å². The lowest BCUT2D eigenvalue weighted by Crippen LogP contribution is -2.34. The van der Waals surface area contributed by atoms with Crippen LogP contribution in [0.25, 0.3) is 0 Å². The van der Waals surface area contributed by atoms with E-state index in [-0.39, 0.29) is 5.54 Å². The highest BCUT2D eigenvalue weighted by atomic mass is 16.5. The van der Waals surface area contributed by atoms with Crippen LogP contribution in [0.3, 0.4) is 0 Å². The Kier molecular flexibility index (Phi) is 4.60. The summed E-state index contributed by atoms with van der Waals surface area (Å²) in [5.74, 6) is 1.20. The minimum absolute atomic E-state index is 0.300. The van der Waals surface area contributed by atoms with Crippen molar-refractivity contribution in [3.8, 4) is 0 Å². The molecule has 1 aliphatic heterocycles. The molecule has 3 aromatic rings. The SMILES string of the molecule is CC(C)(C)N=C1OC(c2ccccc2)=NC1(c1ccccc1)c1ccccc1. The zero-order valence-corrected chi connectivity index (χ0v) is 16.5. The maximum Gasteiger partial charge on any atom is 0.230 e. The van der Waals surface area contributed by atoms with E-state index in [1.807, 2.05) is 66.7 Å². The minimum atomic E-state index is -0.805. The molecule has 0 bridgehead atoms. The van der Waals surface area contributed by atoms with Crippen molar-refractivity contribution in [2.45, 2.75) is 31.8 Å². The number of rotatable bonds is 3. The molecule has 28 heavy (non-hydrogen) atoms. The number of ether oxygens (including phenoxy) is 1. The summed E-state index contributed by atoms with van der Waals surface area (Å²) in [5.41, 5.74) is 1.91. The van der Waals surface area contributed by atoms with Crippen LogP contribution in [0.4, 0.5) is 0 Å². The Morgan fingerprint density at radius 3 is 1.64 bits per heavy atom. The third-order valence-electron chi connectivity index (χ3n) is 4.61. The van der Waals surface area contributed by atoms with E-state index in [4.69, 9.17) is 14.7 Å². The van der Waals surface area contributed by atoms with E-state index in [1.165, 1.54) is 0 Å². The lowest BCUT2D eigenvalue weighted by atomic mass is 9.83. The van der Waals surface area contributed by atoms with Crippen molar-refractivity contribution in [3.63, 3.8) is 0 Å². The van der Waals surface area contributed by atoms with Gasteiger partial charge in [0, 0.05) is 5.56 Å². The van der Waals surface area contributed by atoms with Gasteiger partial charge in [-0.25, -0.2) is 9.98 Å². The molecule has 3 nitrogen and oxygen atoms in total. The van der Waals surface area contributed by atoms with Gasteiger partial charge in [-0.1, -0.05) is 78.9 Å². The summed E-state index contributed by atoms with van der Waals surface area (Å²) in [4.78, 5) is 10.1. The third-order valence-corrected chi connectivity index (χ3v) is 4.61. The van der Waals surface area contributed by atoms with Crippen molar-refractivity contribution in [2.24, 2.45) is 9.98 Å². The van der Waals surface area contributed by atoms with Crippen LogP contribution in [0, 0.1) is 0 Å². The van der Waals surface area contributed by atoms with Crippen molar-refractivity contribution in [2.75, 3.05) is 0 Å². The Hall–Kier alpha value is -3.20. The van der Waals surface area contributed by atoms with Gasteiger partial charge >= 0.3 is 0 Å². The van der Waals surface area contributed by atoms with E-state index < -0.39 is 5.54 Å². The zero-order valence-electron chi connectivity index (χ0n) is 16.5. The normalized spacial score (nSPS) is 17.2. The Balaban J connectivity index is 2.01. The van der Waals surface area contributed by atoms with Crippen molar-refractivity contribution in [3.05, 3.63) is 108 Å². The molecular formula is C25H24N2O. The van der Waals surface area contributed by atoms with Crippen LogP contribution < -0.4 is 0 Å². The van der Waals surface area contributed by atoms with Gasteiger partial charge in [-0.15, -0.1) is 0 Å². The van der Waals surface area contributed by atoms with Crippen molar-refractivity contribution in [1.29, 1.82) is 0 Å². The molecule has 140 valence electrons. The predicted octanol–water partition coefficient (Wildman–Crippen LogP) is 5.60.